The van der Waals surface area contributed by atoms with Gasteiger partial charge in [-0.3, -0.25) is 9.69 Å². The van der Waals surface area contributed by atoms with E-state index in [2.05, 4.69) is 21.8 Å². The molecule has 24 heavy (non-hydrogen) atoms. The minimum Gasteiger partial charge on any atom is -0.369 e. The van der Waals surface area contributed by atoms with Crippen molar-refractivity contribution >= 4 is 23.2 Å². The third kappa shape index (κ3) is 2.91. The molecule has 1 atom stereocenters. The van der Waals surface area contributed by atoms with Crippen LogP contribution in [0.3, 0.4) is 0 Å². The number of nitrogens with two attached hydrogens (primary N) is 1. The summed E-state index contributed by atoms with van der Waals surface area (Å²) in [7, 11) is 1.64. The monoisotopic (exact) mass is 338 g/mol. The second-order valence-corrected chi connectivity index (χ2v) is 6.89. The van der Waals surface area contributed by atoms with E-state index in [1.165, 1.54) is 16.2 Å². The summed E-state index contributed by atoms with van der Waals surface area (Å²) in [6, 6.07) is 7.95. The molecule has 1 aliphatic heterocycles. The van der Waals surface area contributed by atoms with E-state index in [1.807, 2.05) is 38.1 Å². The molecule has 0 unspecified atom stereocenters. The number of hydrogen-bond donors (Lipinski definition) is 1. The lowest BCUT2D eigenvalue weighted by Gasteiger charge is -2.32. The zero-order chi connectivity index (χ0) is 17.3. The van der Waals surface area contributed by atoms with Crippen molar-refractivity contribution in [2.75, 3.05) is 7.05 Å². The Bertz CT molecular complexity index is 890. The first-order valence-corrected chi connectivity index (χ1v) is 8.36. The third-order valence-corrected chi connectivity index (χ3v) is 5.29. The van der Waals surface area contributed by atoms with Crippen molar-refractivity contribution in [3.63, 3.8) is 0 Å². The summed E-state index contributed by atoms with van der Waals surface area (Å²) >= 11 is 1.53. The number of aliphatic imine (C=N–C) groups is 1. The summed E-state index contributed by atoms with van der Waals surface area (Å²) in [6.07, 6.45) is 2.07. The number of carbonyl (C=O) groups is 1. The van der Waals surface area contributed by atoms with Crippen molar-refractivity contribution in [1.29, 1.82) is 0 Å². The summed E-state index contributed by atoms with van der Waals surface area (Å²) in [4.78, 5) is 23.5. The Morgan fingerprint density at radius 3 is 2.92 bits per heavy atom. The quantitative estimate of drug-likeness (QED) is 0.856. The fraction of sp³-hybridized carbons (Fsp3) is 0.278. The predicted molar refractivity (Wildman–Crippen MR) is 96.5 cm³/mol. The van der Waals surface area contributed by atoms with Crippen LogP contribution in [-0.2, 0) is 10.3 Å². The first-order chi connectivity index (χ1) is 11.4. The lowest BCUT2D eigenvalue weighted by atomic mass is 9.95. The van der Waals surface area contributed by atoms with Crippen LogP contribution >= 0.6 is 11.3 Å². The van der Waals surface area contributed by atoms with Crippen LogP contribution in [0.1, 0.15) is 30.7 Å². The second kappa shape index (κ2) is 6.10. The maximum atomic E-state index is 12.1. The Hall–Kier alpha value is -2.65. The standard InChI is InChI=1S/C18H18N4OS/c1-4-6-12-7-5-8-13(9-12)16-20-11-14(24-16)18(2)10-15(23)22(3)17(19)21-18/h5,7-9,11H,10H2,1-3H3,(H2,19,21)/t18-/m0/s1. The Morgan fingerprint density at radius 1 is 1.42 bits per heavy atom. The molecule has 0 aliphatic carbocycles. The van der Waals surface area contributed by atoms with E-state index in [9.17, 15) is 4.79 Å². The molecule has 0 fully saturated rings. The van der Waals surface area contributed by atoms with Crippen molar-refractivity contribution in [2.45, 2.75) is 25.8 Å². The smallest absolute Gasteiger partial charge is 0.231 e. The van der Waals surface area contributed by atoms with Crippen LogP contribution in [0.15, 0.2) is 35.5 Å². The molecule has 1 aromatic carbocycles. The maximum absolute atomic E-state index is 12.1. The Labute approximate surface area is 145 Å². The topological polar surface area (TPSA) is 71.6 Å². The molecule has 0 radical (unpaired) electrons. The van der Waals surface area contributed by atoms with Gasteiger partial charge in [0, 0.05) is 24.4 Å². The second-order valence-electron chi connectivity index (χ2n) is 5.86. The summed E-state index contributed by atoms with van der Waals surface area (Å²) < 4.78 is 0. The highest BCUT2D eigenvalue weighted by molar-refractivity contribution is 7.15. The molecule has 5 nitrogen and oxygen atoms in total. The molecule has 0 spiro atoms. The maximum Gasteiger partial charge on any atom is 0.231 e. The number of carbonyl (C=O) groups excluding carboxylic acids is 1. The number of amides is 1. The van der Waals surface area contributed by atoms with E-state index in [0.717, 1.165) is 21.0 Å². The molecule has 1 aromatic heterocycles. The molecule has 6 heteroatoms. The Kier molecular flexibility index (Phi) is 4.12. The Balaban J connectivity index is 1.97. The molecule has 1 aliphatic rings. The van der Waals surface area contributed by atoms with Crippen molar-refractivity contribution < 1.29 is 4.79 Å². The van der Waals surface area contributed by atoms with E-state index in [-0.39, 0.29) is 18.3 Å². The minimum absolute atomic E-state index is 0.0415. The van der Waals surface area contributed by atoms with Crippen LogP contribution < -0.4 is 5.73 Å². The van der Waals surface area contributed by atoms with Gasteiger partial charge in [0.25, 0.3) is 0 Å². The SMILES string of the molecule is CC#Cc1cccc(-c2ncc([C@]3(C)CC(=O)N(C)C(N)=N3)s2)c1. The Morgan fingerprint density at radius 2 is 2.21 bits per heavy atom. The van der Waals surface area contributed by atoms with Crippen LogP contribution in [0, 0.1) is 11.8 Å². The molecule has 122 valence electrons. The third-order valence-electron chi connectivity index (χ3n) is 3.99. The van der Waals surface area contributed by atoms with Crippen molar-refractivity contribution in [1.82, 2.24) is 9.88 Å². The van der Waals surface area contributed by atoms with Crippen LogP contribution in [0.5, 0.6) is 0 Å². The molecule has 0 saturated heterocycles. The van der Waals surface area contributed by atoms with E-state index in [0.29, 0.717) is 0 Å². The van der Waals surface area contributed by atoms with Gasteiger partial charge in [-0.15, -0.1) is 17.3 Å². The van der Waals surface area contributed by atoms with Crippen LogP contribution in [0.4, 0.5) is 0 Å². The highest BCUT2D eigenvalue weighted by Crippen LogP contribution is 2.38. The molecule has 2 N–H and O–H groups in total. The van der Waals surface area contributed by atoms with Gasteiger partial charge in [-0.2, -0.15) is 0 Å². The summed E-state index contributed by atoms with van der Waals surface area (Å²) in [5, 5.41) is 0.881. The van der Waals surface area contributed by atoms with Crippen LogP contribution in [0.25, 0.3) is 10.6 Å². The van der Waals surface area contributed by atoms with Gasteiger partial charge < -0.3 is 5.73 Å². The molecule has 3 rings (SSSR count). The average molecular weight is 338 g/mol. The molecule has 2 aromatic rings. The first kappa shape index (κ1) is 16.2. The number of rotatable bonds is 2. The zero-order valence-corrected chi connectivity index (χ0v) is 14.6. The van der Waals surface area contributed by atoms with Crippen molar-refractivity contribution in [3.05, 3.63) is 40.9 Å². The number of thiazole rings is 1. The number of aromatic nitrogens is 1. The van der Waals surface area contributed by atoms with Crippen molar-refractivity contribution in [3.8, 4) is 22.4 Å². The molecular formula is C18H18N4OS. The van der Waals surface area contributed by atoms with Crippen LogP contribution in [0.2, 0.25) is 0 Å². The van der Waals surface area contributed by atoms with E-state index in [4.69, 9.17) is 5.73 Å². The number of benzene rings is 1. The summed E-state index contributed by atoms with van der Waals surface area (Å²) in [5.41, 5.74) is 7.17. The molecule has 0 saturated carbocycles. The highest BCUT2D eigenvalue weighted by atomic mass is 32.1. The number of nitrogens with zero attached hydrogens (tertiary/aromatic N) is 3. The van der Waals surface area contributed by atoms with Gasteiger partial charge in [0.15, 0.2) is 5.96 Å². The normalized spacial score (nSPS) is 20.4. The van der Waals surface area contributed by atoms with E-state index in [1.54, 1.807) is 13.2 Å². The van der Waals surface area contributed by atoms with E-state index >= 15 is 0 Å². The summed E-state index contributed by atoms with van der Waals surface area (Å²) in [6.45, 7) is 3.73. The van der Waals surface area contributed by atoms with E-state index < -0.39 is 5.54 Å². The first-order valence-electron chi connectivity index (χ1n) is 7.54. The molecule has 2 heterocycles. The molecule has 0 bridgehead atoms. The van der Waals surface area contributed by atoms with Crippen LogP contribution in [-0.4, -0.2) is 28.8 Å². The molecule has 1 amide bonds. The van der Waals surface area contributed by atoms with Gasteiger partial charge in [-0.25, -0.2) is 9.98 Å². The van der Waals surface area contributed by atoms with Gasteiger partial charge in [-0.05, 0) is 26.0 Å². The lowest BCUT2D eigenvalue weighted by molar-refractivity contribution is -0.128. The predicted octanol–water partition coefficient (Wildman–Crippen LogP) is 2.57. The van der Waals surface area contributed by atoms with Gasteiger partial charge in [0.2, 0.25) is 5.91 Å². The van der Waals surface area contributed by atoms with Gasteiger partial charge in [0.05, 0.1) is 11.3 Å². The van der Waals surface area contributed by atoms with Gasteiger partial charge in [-0.1, -0.05) is 18.1 Å². The minimum atomic E-state index is -0.662. The highest BCUT2D eigenvalue weighted by Gasteiger charge is 2.37. The largest absolute Gasteiger partial charge is 0.369 e. The fourth-order valence-corrected chi connectivity index (χ4v) is 3.58. The molecular weight excluding hydrogens is 320 g/mol. The zero-order valence-electron chi connectivity index (χ0n) is 13.8. The fourth-order valence-electron chi connectivity index (χ4n) is 2.58. The average Bonchev–Trinajstić information content (AvgIpc) is 3.04. The summed E-state index contributed by atoms with van der Waals surface area (Å²) in [5.74, 6) is 6.15. The lowest BCUT2D eigenvalue weighted by Crippen LogP contribution is -2.47. The number of guanidine groups is 1. The number of hydrogen-bond acceptors (Lipinski definition) is 5. The van der Waals surface area contributed by atoms with Gasteiger partial charge in [0.1, 0.15) is 10.5 Å². The van der Waals surface area contributed by atoms with Gasteiger partial charge >= 0.3 is 0 Å². The van der Waals surface area contributed by atoms with Crippen molar-refractivity contribution in [2.24, 2.45) is 10.7 Å².